The van der Waals surface area contributed by atoms with Gasteiger partial charge < -0.3 is 5.32 Å². The molecule has 0 saturated carbocycles. The summed E-state index contributed by atoms with van der Waals surface area (Å²) in [6, 6.07) is 9.65. The Hall–Kier alpha value is -3.32. The number of non-ortho nitro benzene ring substituents is 1. The summed E-state index contributed by atoms with van der Waals surface area (Å²) >= 11 is 1.34. The van der Waals surface area contributed by atoms with Crippen LogP contribution in [0.1, 0.15) is 10.4 Å². The Morgan fingerprint density at radius 3 is 2.66 bits per heavy atom. The highest BCUT2D eigenvalue weighted by molar-refractivity contribution is 7.98. The molecule has 0 aliphatic carbocycles. The molecular weight excluding hydrogens is 420 g/mol. The number of carbonyl (C=O) groups excluding carboxylic acids is 1. The van der Waals surface area contributed by atoms with Crippen molar-refractivity contribution in [3.63, 3.8) is 0 Å². The van der Waals surface area contributed by atoms with Gasteiger partial charge in [0.25, 0.3) is 11.6 Å². The van der Waals surface area contributed by atoms with Gasteiger partial charge in [-0.15, -0.1) is 5.10 Å². The number of thioether (sulfide) groups is 1. The van der Waals surface area contributed by atoms with Gasteiger partial charge in [-0.3, -0.25) is 14.9 Å². The van der Waals surface area contributed by atoms with Crippen molar-refractivity contribution >= 4 is 38.9 Å². The summed E-state index contributed by atoms with van der Waals surface area (Å²) in [5.41, 5.74) is 0.317. The largest absolute Gasteiger partial charge is 0.322 e. The third-order valence-electron chi connectivity index (χ3n) is 3.76. The first-order valence-electron chi connectivity index (χ1n) is 7.93. The molecule has 0 saturated heterocycles. The molecule has 1 amide bonds. The van der Waals surface area contributed by atoms with E-state index >= 15 is 0 Å². The van der Waals surface area contributed by atoms with E-state index in [0.717, 1.165) is 24.5 Å². The van der Waals surface area contributed by atoms with Gasteiger partial charge in [0.15, 0.2) is 9.84 Å². The maximum Gasteiger partial charge on any atom is 0.271 e. The third-order valence-corrected chi connectivity index (χ3v) is 5.48. The quantitative estimate of drug-likeness (QED) is 0.349. The molecule has 0 bridgehead atoms. The van der Waals surface area contributed by atoms with Gasteiger partial charge in [-0.2, -0.15) is 4.68 Å². The molecule has 11 nitrogen and oxygen atoms in total. The van der Waals surface area contributed by atoms with Crippen LogP contribution in [0.3, 0.4) is 0 Å². The maximum atomic E-state index is 12.6. The highest BCUT2D eigenvalue weighted by Crippen LogP contribution is 2.23. The van der Waals surface area contributed by atoms with Crippen molar-refractivity contribution in [2.75, 3.05) is 17.8 Å². The van der Waals surface area contributed by atoms with E-state index in [4.69, 9.17) is 0 Å². The number of hydrogen-bond acceptors (Lipinski definition) is 9. The van der Waals surface area contributed by atoms with E-state index < -0.39 is 26.4 Å². The number of sulfone groups is 1. The van der Waals surface area contributed by atoms with Gasteiger partial charge in [-0.05, 0) is 40.9 Å². The zero-order valence-corrected chi connectivity index (χ0v) is 16.8. The number of nitrogens with zero attached hydrogens (tertiary/aromatic N) is 5. The fraction of sp³-hybridized carbons (Fsp3) is 0.125. The molecule has 3 rings (SSSR count). The Morgan fingerprint density at radius 1 is 1.24 bits per heavy atom. The second-order valence-electron chi connectivity index (χ2n) is 5.83. The van der Waals surface area contributed by atoms with Crippen LogP contribution in [0.25, 0.3) is 5.69 Å². The molecule has 0 fully saturated rings. The molecule has 0 unspecified atom stereocenters. The first-order chi connectivity index (χ1) is 13.7. The van der Waals surface area contributed by atoms with Crippen LogP contribution in [0.15, 0.2) is 52.5 Å². The number of anilines is 1. The highest BCUT2D eigenvalue weighted by atomic mass is 32.2. The molecule has 3 aromatic rings. The van der Waals surface area contributed by atoms with E-state index in [-0.39, 0.29) is 10.5 Å². The summed E-state index contributed by atoms with van der Waals surface area (Å²) < 4.78 is 25.1. The zero-order chi connectivity index (χ0) is 21.2. The Bertz CT molecular complexity index is 1210. The van der Waals surface area contributed by atoms with Gasteiger partial charge in [-0.25, -0.2) is 8.42 Å². The molecule has 0 aliphatic rings. The van der Waals surface area contributed by atoms with Crippen LogP contribution < -0.4 is 5.32 Å². The van der Waals surface area contributed by atoms with E-state index in [1.165, 1.54) is 16.4 Å². The van der Waals surface area contributed by atoms with Gasteiger partial charge in [-0.1, -0.05) is 17.8 Å². The first-order valence-corrected chi connectivity index (χ1v) is 11.0. The number of rotatable bonds is 6. The number of nitrogens with one attached hydrogen (secondary N) is 1. The van der Waals surface area contributed by atoms with Crippen LogP contribution in [0.4, 0.5) is 11.4 Å². The number of benzene rings is 2. The van der Waals surface area contributed by atoms with Crippen LogP contribution >= 0.6 is 11.8 Å². The van der Waals surface area contributed by atoms with Gasteiger partial charge in [0, 0.05) is 29.6 Å². The van der Waals surface area contributed by atoms with E-state index in [0.29, 0.717) is 16.5 Å². The van der Waals surface area contributed by atoms with Crippen molar-refractivity contribution in [2.45, 2.75) is 10.1 Å². The van der Waals surface area contributed by atoms with Crippen molar-refractivity contribution in [1.29, 1.82) is 0 Å². The average Bonchev–Trinajstić information content (AvgIpc) is 3.16. The Balaban J connectivity index is 1.94. The topological polar surface area (TPSA) is 150 Å². The second-order valence-corrected chi connectivity index (χ2v) is 8.62. The summed E-state index contributed by atoms with van der Waals surface area (Å²) in [6.07, 6.45) is 2.72. The van der Waals surface area contributed by atoms with Crippen LogP contribution in [0, 0.1) is 10.1 Å². The predicted octanol–water partition coefficient (Wildman–Crippen LogP) is 1.95. The number of amides is 1. The lowest BCUT2D eigenvalue weighted by Gasteiger charge is -2.09. The van der Waals surface area contributed by atoms with Crippen LogP contribution in [0.2, 0.25) is 0 Å². The summed E-state index contributed by atoms with van der Waals surface area (Å²) in [6.45, 7) is 0. The molecule has 1 N–H and O–H groups in total. The molecule has 1 heterocycles. The minimum absolute atomic E-state index is 0.155. The van der Waals surface area contributed by atoms with Crippen molar-refractivity contribution in [3.8, 4) is 5.69 Å². The molecular formula is C16H14N6O5S2. The zero-order valence-electron chi connectivity index (χ0n) is 15.1. The number of nitro benzene ring substituents is 1. The maximum absolute atomic E-state index is 12.6. The van der Waals surface area contributed by atoms with E-state index in [2.05, 4.69) is 20.8 Å². The van der Waals surface area contributed by atoms with E-state index in [1.54, 1.807) is 24.3 Å². The van der Waals surface area contributed by atoms with Crippen molar-refractivity contribution < 1.29 is 18.1 Å². The number of tetrazole rings is 1. The van der Waals surface area contributed by atoms with Gasteiger partial charge in [0.2, 0.25) is 5.16 Å². The summed E-state index contributed by atoms with van der Waals surface area (Å²) in [4.78, 5) is 22.6. The van der Waals surface area contributed by atoms with Crippen LogP contribution in [-0.4, -0.2) is 52.0 Å². The molecule has 29 heavy (non-hydrogen) atoms. The minimum Gasteiger partial charge on any atom is -0.322 e. The lowest BCUT2D eigenvalue weighted by atomic mass is 10.2. The molecule has 0 spiro atoms. The normalized spacial score (nSPS) is 11.2. The van der Waals surface area contributed by atoms with Gasteiger partial charge in [0.05, 0.1) is 15.5 Å². The van der Waals surface area contributed by atoms with E-state index in [9.17, 15) is 23.3 Å². The summed E-state index contributed by atoms with van der Waals surface area (Å²) in [7, 11) is -3.74. The Morgan fingerprint density at radius 2 is 2.00 bits per heavy atom. The lowest BCUT2D eigenvalue weighted by Crippen LogP contribution is -2.14. The molecule has 0 radical (unpaired) electrons. The van der Waals surface area contributed by atoms with E-state index in [1.807, 2.05) is 6.26 Å². The fourth-order valence-electron chi connectivity index (χ4n) is 2.42. The van der Waals surface area contributed by atoms with Crippen LogP contribution in [0.5, 0.6) is 0 Å². The van der Waals surface area contributed by atoms with Crippen molar-refractivity contribution in [3.05, 3.63) is 58.1 Å². The van der Waals surface area contributed by atoms with Crippen molar-refractivity contribution in [1.82, 2.24) is 20.2 Å². The summed E-state index contributed by atoms with van der Waals surface area (Å²) in [5.74, 6) is -0.697. The average molecular weight is 434 g/mol. The Kier molecular flexibility index (Phi) is 5.61. The number of nitro groups is 1. The number of aromatic nitrogens is 4. The Labute approximate surface area is 169 Å². The van der Waals surface area contributed by atoms with Gasteiger partial charge >= 0.3 is 0 Å². The van der Waals surface area contributed by atoms with Gasteiger partial charge in [0.1, 0.15) is 0 Å². The predicted molar refractivity (Wildman–Crippen MR) is 105 cm³/mol. The van der Waals surface area contributed by atoms with Crippen molar-refractivity contribution in [2.24, 2.45) is 0 Å². The molecule has 0 atom stereocenters. The number of hydrogen-bond donors (Lipinski definition) is 1. The SMILES string of the molecule is CSc1nnnn1-c1cccc(NC(=O)c2cc([N+](=O)[O-])cc(S(C)(=O)=O)c2)c1. The fourth-order valence-corrected chi connectivity index (χ4v) is 3.53. The molecule has 2 aromatic carbocycles. The minimum atomic E-state index is -3.74. The lowest BCUT2D eigenvalue weighted by molar-refractivity contribution is -0.385. The molecule has 150 valence electrons. The standard InChI is InChI=1S/C16H14N6O5S2/c1-28-16-18-19-20-21(16)12-5-3-4-11(8-12)17-15(23)10-6-13(22(24)25)9-14(7-10)29(2,26)27/h3-9H,1-2H3,(H,17,23). The monoisotopic (exact) mass is 434 g/mol. The molecule has 13 heteroatoms. The third kappa shape index (κ3) is 4.57. The highest BCUT2D eigenvalue weighted by Gasteiger charge is 2.19. The molecule has 1 aromatic heterocycles. The first kappa shape index (κ1) is 20.4. The second kappa shape index (κ2) is 7.97. The molecule has 0 aliphatic heterocycles. The van der Waals surface area contributed by atoms with Crippen LogP contribution in [-0.2, 0) is 9.84 Å². The number of carbonyl (C=O) groups is 1. The smallest absolute Gasteiger partial charge is 0.271 e. The summed E-state index contributed by atoms with van der Waals surface area (Å²) in [5, 5.41) is 25.6.